The summed E-state index contributed by atoms with van der Waals surface area (Å²) in [5.41, 5.74) is 2.75. The Morgan fingerprint density at radius 1 is 1.30 bits per heavy atom. The van der Waals surface area contributed by atoms with Gasteiger partial charge in [0.05, 0.1) is 0 Å². The first-order valence-corrected chi connectivity index (χ1v) is 7.97. The van der Waals surface area contributed by atoms with Crippen molar-refractivity contribution in [2.24, 2.45) is 0 Å². The van der Waals surface area contributed by atoms with Gasteiger partial charge in [-0.2, -0.15) is 0 Å². The van der Waals surface area contributed by atoms with Crippen molar-refractivity contribution in [1.82, 2.24) is 10.2 Å². The molecule has 0 heterocycles. The number of aryl methyl sites for hydroxylation is 1. The van der Waals surface area contributed by atoms with Crippen LogP contribution in [-0.4, -0.2) is 37.6 Å². The molecule has 1 atom stereocenters. The minimum absolute atomic E-state index is 0.267. The number of hydrogen-bond acceptors (Lipinski definition) is 2. The maximum Gasteiger partial charge on any atom is 0.0441 e. The highest BCUT2D eigenvalue weighted by Crippen LogP contribution is 2.38. The van der Waals surface area contributed by atoms with Crippen LogP contribution in [0.3, 0.4) is 0 Å². The van der Waals surface area contributed by atoms with E-state index in [0.717, 1.165) is 11.4 Å². The monoisotopic (exact) mass is 294 g/mol. The second-order valence-corrected chi connectivity index (χ2v) is 6.75. The lowest BCUT2D eigenvalue weighted by Crippen LogP contribution is -2.57. The van der Waals surface area contributed by atoms with Crippen molar-refractivity contribution in [3.8, 4) is 0 Å². The third kappa shape index (κ3) is 3.03. The Hall–Kier alpha value is -0.570. The summed E-state index contributed by atoms with van der Waals surface area (Å²) in [5.74, 6) is 0. The Balaban J connectivity index is 2.23. The smallest absolute Gasteiger partial charge is 0.0441 e. The summed E-state index contributed by atoms with van der Waals surface area (Å²) in [6.45, 7) is 2.09. The number of halogens is 1. The van der Waals surface area contributed by atoms with Gasteiger partial charge in [-0.05, 0) is 64.5 Å². The Kier molecular flexibility index (Phi) is 5.11. The van der Waals surface area contributed by atoms with Crippen molar-refractivity contribution in [2.45, 2.75) is 50.6 Å². The SMILES string of the molecule is CNC(Cc1ccc(C)cc1Cl)C1(N(C)C)CCCC1. The van der Waals surface area contributed by atoms with E-state index in [2.05, 4.69) is 56.5 Å². The van der Waals surface area contributed by atoms with E-state index >= 15 is 0 Å². The van der Waals surface area contributed by atoms with Gasteiger partial charge in [-0.25, -0.2) is 0 Å². The molecule has 1 saturated carbocycles. The Labute approximate surface area is 128 Å². The number of benzene rings is 1. The maximum atomic E-state index is 6.42. The molecular weight excluding hydrogens is 268 g/mol. The highest BCUT2D eigenvalue weighted by atomic mass is 35.5. The molecule has 1 aromatic rings. The molecule has 2 rings (SSSR count). The first-order valence-electron chi connectivity index (χ1n) is 7.59. The summed E-state index contributed by atoms with van der Waals surface area (Å²) in [7, 11) is 6.51. The van der Waals surface area contributed by atoms with Crippen LogP contribution in [0.25, 0.3) is 0 Å². The summed E-state index contributed by atoms with van der Waals surface area (Å²) in [6, 6.07) is 6.85. The molecule has 0 amide bonds. The molecule has 1 aromatic carbocycles. The normalized spacial score (nSPS) is 19.5. The molecule has 2 nitrogen and oxygen atoms in total. The average molecular weight is 295 g/mol. The van der Waals surface area contributed by atoms with E-state index in [1.165, 1.54) is 36.8 Å². The van der Waals surface area contributed by atoms with Crippen molar-refractivity contribution in [3.05, 3.63) is 34.3 Å². The second kappa shape index (κ2) is 6.46. The van der Waals surface area contributed by atoms with Crippen LogP contribution in [0.5, 0.6) is 0 Å². The van der Waals surface area contributed by atoms with Crippen LogP contribution < -0.4 is 5.32 Å². The minimum Gasteiger partial charge on any atom is -0.315 e. The molecule has 3 heteroatoms. The third-order valence-corrected chi connectivity index (χ3v) is 5.34. The molecule has 1 unspecified atom stereocenters. The predicted molar refractivity (Wildman–Crippen MR) is 87.6 cm³/mol. The van der Waals surface area contributed by atoms with Crippen LogP contribution in [-0.2, 0) is 6.42 Å². The van der Waals surface area contributed by atoms with E-state index in [1.807, 2.05) is 0 Å². The minimum atomic E-state index is 0.267. The maximum absolute atomic E-state index is 6.42. The van der Waals surface area contributed by atoms with E-state index in [0.29, 0.717) is 6.04 Å². The fourth-order valence-electron chi connectivity index (χ4n) is 3.69. The zero-order chi connectivity index (χ0) is 14.8. The lowest BCUT2D eigenvalue weighted by molar-refractivity contribution is 0.108. The van der Waals surface area contributed by atoms with Crippen LogP contribution in [0.1, 0.15) is 36.8 Å². The number of nitrogens with zero attached hydrogens (tertiary/aromatic N) is 1. The summed E-state index contributed by atoms with van der Waals surface area (Å²) in [6.07, 6.45) is 6.20. The van der Waals surface area contributed by atoms with E-state index in [9.17, 15) is 0 Å². The molecule has 1 N–H and O–H groups in total. The highest BCUT2D eigenvalue weighted by Gasteiger charge is 2.42. The van der Waals surface area contributed by atoms with Gasteiger partial charge in [-0.3, -0.25) is 0 Å². The molecule has 0 saturated heterocycles. The quantitative estimate of drug-likeness (QED) is 0.892. The summed E-state index contributed by atoms with van der Waals surface area (Å²) in [5, 5.41) is 4.46. The number of nitrogens with one attached hydrogen (secondary N) is 1. The van der Waals surface area contributed by atoms with Crippen molar-refractivity contribution in [3.63, 3.8) is 0 Å². The van der Waals surface area contributed by atoms with Gasteiger partial charge in [0.2, 0.25) is 0 Å². The fourth-order valence-corrected chi connectivity index (χ4v) is 4.01. The van der Waals surface area contributed by atoms with E-state index in [-0.39, 0.29) is 5.54 Å². The lowest BCUT2D eigenvalue weighted by Gasteiger charge is -2.43. The molecule has 0 radical (unpaired) electrons. The summed E-state index contributed by atoms with van der Waals surface area (Å²) < 4.78 is 0. The van der Waals surface area contributed by atoms with Gasteiger partial charge < -0.3 is 10.2 Å². The van der Waals surface area contributed by atoms with Gasteiger partial charge in [0.15, 0.2) is 0 Å². The zero-order valence-electron chi connectivity index (χ0n) is 13.2. The van der Waals surface area contributed by atoms with E-state index < -0.39 is 0 Å². The van der Waals surface area contributed by atoms with Crippen LogP contribution in [0.15, 0.2) is 18.2 Å². The van der Waals surface area contributed by atoms with Gasteiger partial charge in [-0.1, -0.05) is 36.6 Å². The zero-order valence-corrected chi connectivity index (χ0v) is 13.9. The largest absolute Gasteiger partial charge is 0.315 e. The first-order chi connectivity index (χ1) is 9.49. The number of hydrogen-bond donors (Lipinski definition) is 1. The third-order valence-electron chi connectivity index (χ3n) is 4.99. The lowest BCUT2D eigenvalue weighted by atomic mass is 9.83. The highest BCUT2D eigenvalue weighted by molar-refractivity contribution is 6.31. The summed E-state index contributed by atoms with van der Waals surface area (Å²) >= 11 is 6.42. The first kappa shape index (κ1) is 15.8. The Bertz CT molecular complexity index is 450. The molecule has 0 spiro atoms. The van der Waals surface area contributed by atoms with E-state index in [1.54, 1.807) is 0 Å². The number of likely N-dealkylation sites (N-methyl/N-ethyl adjacent to an activating group) is 2. The predicted octanol–water partition coefficient (Wildman–Crippen LogP) is 3.65. The van der Waals surface area contributed by atoms with Gasteiger partial charge in [0.1, 0.15) is 0 Å². The van der Waals surface area contributed by atoms with Gasteiger partial charge >= 0.3 is 0 Å². The van der Waals surface area contributed by atoms with Crippen LogP contribution in [0.2, 0.25) is 5.02 Å². The van der Waals surface area contributed by atoms with E-state index in [4.69, 9.17) is 11.6 Å². The summed E-state index contributed by atoms with van der Waals surface area (Å²) in [4.78, 5) is 2.42. The second-order valence-electron chi connectivity index (χ2n) is 6.35. The molecule has 112 valence electrons. The molecule has 1 fully saturated rings. The van der Waals surface area contributed by atoms with Crippen molar-refractivity contribution in [2.75, 3.05) is 21.1 Å². The molecule has 0 aliphatic heterocycles. The number of rotatable bonds is 5. The molecule has 20 heavy (non-hydrogen) atoms. The van der Waals surface area contributed by atoms with Crippen LogP contribution >= 0.6 is 11.6 Å². The fraction of sp³-hybridized carbons (Fsp3) is 0.647. The molecular formula is C17H27ClN2. The molecule has 0 bridgehead atoms. The topological polar surface area (TPSA) is 15.3 Å². The average Bonchev–Trinajstić information content (AvgIpc) is 2.88. The van der Waals surface area contributed by atoms with Crippen LogP contribution in [0.4, 0.5) is 0 Å². The van der Waals surface area contributed by atoms with Gasteiger partial charge in [0.25, 0.3) is 0 Å². The van der Waals surface area contributed by atoms with Crippen molar-refractivity contribution >= 4 is 11.6 Å². The van der Waals surface area contributed by atoms with Crippen molar-refractivity contribution < 1.29 is 0 Å². The molecule has 1 aliphatic rings. The Morgan fingerprint density at radius 3 is 2.45 bits per heavy atom. The van der Waals surface area contributed by atoms with Crippen LogP contribution in [0, 0.1) is 6.92 Å². The Morgan fingerprint density at radius 2 is 1.95 bits per heavy atom. The van der Waals surface area contributed by atoms with Gasteiger partial charge in [-0.15, -0.1) is 0 Å². The molecule has 0 aromatic heterocycles. The molecule has 1 aliphatic carbocycles. The standard InChI is InChI=1S/C17H27ClN2/c1-13-7-8-14(15(18)11-13)12-16(19-2)17(20(3)4)9-5-6-10-17/h7-8,11,16,19H,5-6,9-10,12H2,1-4H3. The van der Waals surface area contributed by atoms with Crippen molar-refractivity contribution in [1.29, 1.82) is 0 Å². The van der Waals surface area contributed by atoms with Gasteiger partial charge in [0, 0.05) is 16.6 Å².